The van der Waals surface area contributed by atoms with Crippen LogP contribution in [0.5, 0.6) is 0 Å². The van der Waals surface area contributed by atoms with E-state index in [1.165, 1.54) is 30.4 Å². The minimum absolute atomic E-state index is 0.0360. The van der Waals surface area contributed by atoms with Gasteiger partial charge in [-0.15, -0.1) is 0 Å². The van der Waals surface area contributed by atoms with E-state index in [1.54, 1.807) is 0 Å². The third kappa shape index (κ3) is 1.94. The van der Waals surface area contributed by atoms with Gasteiger partial charge in [-0.1, -0.05) is 25.3 Å². The Hall–Kier alpha value is -2.36. The summed E-state index contributed by atoms with van der Waals surface area (Å²) < 4.78 is 6.31. The van der Waals surface area contributed by atoms with Crippen LogP contribution in [0.3, 0.4) is 0 Å². The summed E-state index contributed by atoms with van der Waals surface area (Å²) >= 11 is 0. The summed E-state index contributed by atoms with van der Waals surface area (Å²) in [5.41, 5.74) is 4.47. The molecular weight excluding hydrogens is 310 g/mol. The molecule has 25 heavy (non-hydrogen) atoms. The zero-order valence-electron chi connectivity index (χ0n) is 14.8. The molecule has 1 aliphatic carbocycles. The molecule has 0 unspecified atom stereocenters. The summed E-state index contributed by atoms with van der Waals surface area (Å²) in [6.45, 7) is 4.40. The molecule has 4 heterocycles. The molecule has 3 aromatic rings. The van der Waals surface area contributed by atoms with Crippen LogP contribution in [-0.2, 0) is 5.54 Å². The summed E-state index contributed by atoms with van der Waals surface area (Å²) in [7, 11) is 0. The average molecular weight is 333 g/mol. The first kappa shape index (κ1) is 14.9. The molecule has 128 valence electrons. The SMILES string of the molecule is Cc1cccnc1N1[C@@H](C)c2oc3cccnc3c2C12CCCCC2. The fourth-order valence-electron chi connectivity index (χ4n) is 5.04. The average Bonchev–Trinajstić information content (AvgIpc) is 3.13. The van der Waals surface area contributed by atoms with Crippen molar-refractivity contribution in [1.29, 1.82) is 0 Å². The minimum Gasteiger partial charge on any atom is -0.457 e. The summed E-state index contributed by atoms with van der Waals surface area (Å²) in [5, 5.41) is 0. The molecular formula is C21H23N3O. The predicted octanol–water partition coefficient (Wildman–Crippen LogP) is 5.27. The van der Waals surface area contributed by atoms with Gasteiger partial charge < -0.3 is 9.32 Å². The first-order valence-corrected chi connectivity index (χ1v) is 9.31. The zero-order chi connectivity index (χ0) is 17.0. The van der Waals surface area contributed by atoms with Crippen molar-refractivity contribution in [2.24, 2.45) is 0 Å². The van der Waals surface area contributed by atoms with E-state index in [9.17, 15) is 0 Å². The predicted molar refractivity (Wildman–Crippen MR) is 98.6 cm³/mol. The fourth-order valence-corrected chi connectivity index (χ4v) is 5.04. The second-order valence-corrected chi connectivity index (χ2v) is 7.47. The van der Waals surface area contributed by atoms with Crippen LogP contribution >= 0.6 is 0 Å². The van der Waals surface area contributed by atoms with Crippen molar-refractivity contribution >= 4 is 16.9 Å². The molecule has 0 radical (unpaired) electrons. The van der Waals surface area contributed by atoms with Crippen LogP contribution < -0.4 is 4.90 Å². The molecule has 1 aliphatic heterocycles. The Labute approximate surface area is 147 Å². The Kier molecular flexibility index (Phi) is 3.18. The summed E-state index contributed by atoms with van der Waals surface area (Å²) in [6, 6.07) is 8.35. The number of rotatable bonds is 1. The molecule has 0 aromatic carbocycles. The lowest BCUT2D eigenvalue weighted by Gasteiger charge is -2.44. The molecule has 1 spiro atoms. The molecule has 0 bridgehead atoms. The Morgan fingerprint density at radius 2 is 1.84 bits per heavy atom. The zero-order valence-corrected chi connectivity index (χ0v) is 14.8. The summed E-state index contributed by atoms with van der Waals surface area (Å²) in [6.07, 6.45) is 9.87. The number of hydrogen-bond acceptors (Lipinski definition) is 4. The molecule has 0 N–H and O–H groups in total. The van der Waals surface area contributed by atoms with Gasteiger partial charge in [-0.2, -0.15) is 0 Å². The van der Waals surface area contributed by atoms with Crippen molar-refractivity contribution in [2.75, 3.05) is 4.90 Å². The Balaban J connectivity index is 1.79. The maximum absolute atomic E-state index is 6.31. The van der Waals surface area contributed by atoms with E-state index < -0.39 is 0 Å². The number of aromatic nitrogens is 2. The molecule has 1 fully saturated rings. The number of pyridine rings is 2. The normalized spacial score (nSPS) is 21.8. The van der Waals surface area contributed by atoms with E-state index in [4.69, 9.17) is 14.4 Å². The molecule has 1 saturated carbocycles. The van der Waals surface area contributed by atoms with Gasteiger partial charge in [-0.3, -0.25) is 4.98 Å². The third-order valence-corrected chi connectivity index (χ3v) is 6.06. The van der Waals surface area contributed by atoms with Crippen molar-refractivity contribution in [1.82, 2.24) is 9.97 Å². The standard InChI is InChI=1S/C21H23N3O/c1-14-8-6-13-23-20(14)24-15(2)19-17(21(24)10-4-3-5-11-21)18-16(25-19)9-7-12-22-18/h6-9,12-13,15H,3-5,10-11H2,1-2H3/t15-/m0/s1. The topological polar surface area (TPSA) is 42.2 Å². The lowest BCUT2D eigenvalue weighted by molar-refractivity contribution is 0.283. The number of fused-ring (bicyclic) bond motifs is 4. The van der Waals surface area contributed by atoms with Gasteiger partial charge in [0.05, 0.1) is 11.6 Å². The lowest BCUT2D eigenvalue weighted by Crippen LogP contribution is -2.45. The lowest BCUT2D eigenvalue weighted by atomic mass is 9.77. The Bertz CT molecular complexity index is 939. The van der Waals surface area contributed by atoms with Crippen molar-refractivity contribution in [3.8, 4) is 0 Å². The van der Waals surface area contributed by atoms with Crippen molar-refractivity contribution in [3.63, 3.8) is 0 Å². The maximum atomic E-state index is 6.31. The van der Waals surface area contributed by atoms with Gasteiger partial charge >= 0.3 is 0 Å². The maximum Gasteiger partial charge on any atom is 0.153 e. The van der Waals surface area contributed by atoms with E-state index in [0.717, 1.165) is 35.5 Å². The van der Waals surface area contributed by atoms with Gasteiger partial charge in [-0.05, 0) is 50.5 Å². The fraction of sp³-hybridized carbons (Fsp3) is 0.429. The van der Waals surface area contributed by atoms with Crippen LogP contribution in [0.15, 0.2) is 41.1 Å². The summed E-state index contributed by atoms with van der Waals surface area (Å²) in [5.74, 6) is 2.17. The van der Waals surface area contributed by atoms with Crippen molar-refractivity contribution in [3.05, 3.63) is 53.5 Å². The van der Waals surface area contributed by atoms with Crippen LogP contribution in [0.4, 0.5) is 5.82 Å². The highest BCUT2D eigenvalue weighted by molar-refractivity contribution is 5.82. The molecule has 4 nitrogen and oxygen atoms in total. The van der Waals surface area contributed by atoms with Crippen molar-refractivity contribution in [2.45, 2.75) is 57.5 Å². The second-order valence-electron chi connectivity index (χ2n) is 7.47. The molecule has 5 rings (SSSR count). The Morgan fingerprint density at radius 1 is 1.08 bits per heavy atom. The number of aryl methyl sites for hydroxylation is 1. The molecule has 0 amide bonds. The molecule has 0 saturated heterocycles. The number of hydrogen-bond donors (Lipinski definition) is 0. The van der Waals surface area contributed by atoms with Crippen LogP contribution in [0.2, 0.25) is 0 Å². The quantitative estimate of drug-likeness (QED) is 0.608. The molecule has 2 aliphatic rings. The van der Waals surface area contributed by atoms with Gasteiger partial charge in [-0.25, -0.2) is 4.98 Å². The van der Waals surface area contributed by atoms with Crippen LogP contribution in [-0.4, -0.2) is 9.97 Å². The minimum atomic E-state index is -0.0360. The third-order valence-electron chi connectivity index (χ3n) is 6.06. The van der Waals surface area contributed by atoms with E-state index in [0.29, 0.717) is 0 Å². The van der Waals surface area contributed by atoms with Gasteiger partial charge in [0.2, 0.25) is 0 Å². The van der Waals surface area contributed by atoms with E-state index in [1.807, 2.05) is 30.6 Å². The van der Waals surface area contributed by atoms with E-state index >= 15 is 0 Å². The number of furan rings is 1. The smallest absolute Gasteiger partial charge is 0.153 e. The highest BCUT2D eigenvalue weighted by Gasteiger charge is 2.53. The molecule has 4 heteroatoms. The van der Waals surface area contributed by atoms with Gasteiger partial charge in [0.25, 0.3) is 0 Å². The van der Waals surface area contributed by atoms with E-state index in [-0.39, 0.29) is 11.6 Å². The molecule has 1 atom stereocenters. The highest BCUT2D eigenvalue weighted by atomic mass is 16.3. The Morgan fingerprint density at radius 3 is 2.64 bits per heavy atom. The largest absolute Gasteiger partial charge is 0.457 e. The van der Waals surface area contributed by atoms with Crippen LogP contribution in [0.25, 0.3) is 11.1 Å². The first-order valence-electron chi connectivity index (χ1n) is 9.31. The first-order chi connectivity index (χ1) is 12.2. The number of nitrogens with zero attached hydrogens (tertiary/aromatic N) is 3. The molecule has 3 aromatic heterocycles. The van der Waals surface area contributed by atoms with Gasteiger partial charge in [0.15, 0.2) is 5.58 Å². The van der Waals surface area contributed by atoms with Crippen molar-refractivity contribution < 1.29 is 4.42 Å². The second kappa shape index (κ2) is 5.32. The number of anilines is 1. The van der Waals surface area contributed by atoms with Crippen LogP contribution in [0.1, 0.15) is 62.0 Å². The van der Waals surface area contributed by atoms with Gasteiger partial charge in [0.1, 0.15) is 17.1 Å². The van der Waals surface area contributed by atoms with Crippen LogP contribution in [0, 0.1) is 6.92 Å². The highest BCUT2D eigenvalue weighted by Crippen LogP contribution is 2.57. The van der Waals surface area contributed by atoms with Gasteiger partial charge in [0, 0.05) is 18.0 Å². The monoisotopic (exact) mass is 333 g/mol. The van der Waals surface area contributed by atoms with E-state index in [2.05, 4.69) is 24.8 Å². The summed E-state index contributed by atoms with van der Waals surface area (Å²) in [4.78, 5) is 12.0.